The van der Waals surface area contributed by atoms with Crippen LogP contribution < -0.4 is 10.6 Å². The van der Waals surface area contributed by atoms with E-state index in [2.05, 4.69) is 10.6 Å². The Hall–Kier alpha value is -2.39. The van der Waals surface area contributed by atoms with Crippen molar-refractivity contribution in [2.24, 2.45) is 11.8 Å². The first-order valence-electron chi connectivity index (χ1n) is 11.1. The summed E-state index contributed by atoms with van der Waals surface area (Å²) in [5, 5.41) is 14.6. The van der Waals surface area contributed by atoms with Crippen molar-refractivity contribution in [2.45, 2.75) is 52.1 Å². The van der Waals surface area contributed by atoms with Crippen molar-refractivity contribution in [1.29, 1.82) is 0 Å². The molecule has 0 unspecified atom stereocenters. The number of amides is 2. The van der Waals surface area contributed by atoms with Crippen molar-refractivity contribution in [3.63, 3.8) is 0 Å². The van der Waals surface area contributed by atoms with Gasteiger partial charge in [-0.15, -0.1) is 0 Å². The Balaban J connectivity index is 0.000000234. The van der Waals surface area contributed by atoms with Crippen LogP contribution in [0.15, 0.2) is 18.2 Å². The predicted octanol–water partition coefficient (Wildman–Crippen LogP) is 4.14. The molecular weight excluding hydrogens is 453 g/mol. The number of nitrogens with zero attached hydrogens (tertiary/aromatic N) is 1. The van der Waals surface area contributed by atoms with Crippen LogP contribution in [-0.4, -0.2) is 59.8 Å². The summed E-state index contributed by atoms with van der Waals surface area (Å²) < 4.78 is 18.8. The van der Waals surface area contributed by atoms with Crippen LogP contribution in [0.3, 0.4) is 0 Å². The van der Waals surface area contributed by atoms with Gasteiger partial charge in [0.15, 0.2) is 5.82 Å². The molecule has 2 aliphatic heterocycles. The molecule has 10 heteroatoms. The molecule has 3 N–H and O–H groups in total. The quantitative estimate of drug-likeness (QED) is 0.594. The molecular formula is C23H33ClFN3O5. The zero-order chi connectivity index (χ0) is 24.6. The van der Waals surface area contributed by atoms with Crippen molar-refractivity contribution >= 4 is 35.3 Å². The molecule has 3 rings (SSSR count). The average molecular weight is 486 g/mol. The van der Waals surface area contributed by atoms with Gasteiger partial charge in [0.2, 0.25) is 5.91 Å². The van der Waals surface area contributed by atoms with Gasteiger partial charge in [0, 0.05) is 19.6 Å². The number of anilines is 1. The fourth-order valence-electron chi connectivity index (χ4n) is 3.58. The Morgan fingerprint density at radius 3 is 2.52 bits per heavy atom. The molecule has 0 aromatic heterocycles. The van der Waals surface area contributed by atoms with E-state index in [1.165, 1.54) is 17.0 Å². The van der Waals surface area contributed by atoms with E-state index in [1.807, 2.05) is 0 Å². The number of ether oxygens (including phenoxy) is 1. The number of halogens is 2. The van der Waals surface area contributed by atoms with Crippen LogP contribution in [0.2, 0.25) is 5.02 Å². The zero-order valence-electron chi connectivity index (χ0n) is 19.3. The molecule has 2 aliphatic rings. The molecule has 0 aliphatic carbocycles. The lowest BCUT2D eigenvalue weighted by Crippen LogP contribution is -2.44. The largest absolute Gasteiger partial charge is 0.481 e. The van der Waals surface area contributed by atoms with Crippen LogP contribution in [0.1, 0.15) is 46.5 Å². The Morgan fingerprint density at radius 2 is 1.91 bits per heavy atom. The molecule has 0 spiro atoms. The average Bonchev–Trinajstić information content (AvgIpc) is 2.77. The molecule has 2 saturated heterocycles. The second kappa shape index (κ2) is 12.2. The second-order valence-electron chi connectivity index (χ2n) is 9.24. The van der Waals surface area contributed by atoms with Crippen LogP contribution in [0.25, 0.3) is 0 Å². The molecule has 0 bridgehead atoms. The fraction of sp³-hybridized carbons (Fsp3) is 0.609. The molecule has 1 aromatic rings. The number of rotatable bonds is 3. The second-order valence-corrected chi connectivity index (χ2v) is 9.64. The lowest BCUT2D eigenvalue weighted by molar-refractivity contribution is -0.143. The van der Waals surface area contributed by atoms with Crippen LogP contribution in [0.5, 0.6) is 0 Å². The van der Waals surface area contributed by atoms with Crippen molar-refractivity contribution < 1.29 is 28.6 Å². The first-order valence-corrected chi connectivity index (χ1v) is 11.5. The number of benzene rings is 1. The number of hydrogen-bond acceptors (Lipinski definition) is 5. The summed E-state index contributed by atoms with van der Waals surface area (Å²) in [6.45, 7) is 7.81. The van der Waals surface area contributed by atoms with Gasteiger partial charge in [-0.1, -0.05) is 17.7 Å². The van der Waals surface area contributed by atoms with E-state index in [-0.39, 0.29) is 29.1 Å². The standard InChI is InChI=1S/C12H14ClFN2O.C11H19NO4/c13-9-4-1-5-10(11(9)14)16-12(17)8-3-2-6-15-7-8;1-11(2,3)16-10(15)12-6-4-5-8(7-12)9(13)14/h1,4-5,8,15H,2-3,6-7H2,(H,16,17);8H,4-7H2,1-3H3,(H,13,14)/t2*8-/m00/s1. The van der Waals surface area contributed by atoms with Gasteiger partial charge in [-0.2, -0.15) is 0 Å². The van der Waals surface area contributed by atoms with E-state index in [0.717, 1.165) is 25.8 Å². The van der Waals surface area contributed by atoms with Gasteiger partial charge in [0.05, 0.1) is 22.5 Å². The molecule has 184 valence electrons. The maximum atomic E-state index is 13.6. The number of carboxylic acids is 1. The van der Waals surface area contributed by atoms with Gasteiger partial charge in [-0.05, 0) is 65.1 Å². The Kier molecular flexibility index (Phi) is 9.91. The summed E-state index contributed by atoms with van der Waals surface area (Å²) in [6, 6.07) is 4.57. The summed E-state index contributed by atoms with van der Waals surface area (Å²) in [5.41, 5.74) is -0.388. The number of aliphatic carboxylic acids is 1. The lowest BCUT2D eigenvalue weighted by Gasteiger charge is -2.32. The Labute approximate surface area is 198 Å². The number of piperidine rings is 2. The molecule has 1 aromatic carbocycles. The van der Waals surface area contributed by atoms with Gasteiger partial charge >= 0.3 is 12.1 Å². The van der Waals surface area contributed by atoms with Crippen LogP contribution in [0, 0.1) is 17.7 Å². The smallest absolute Gasteiger partial charge is 0.410 e. The molecule has 33 heavy (non-hydrogen) atoms. The van der Waals surface area contributed by atoms with E-state index in [1.54, 1.807) is 26.8 Å². The monoisotopic (exact) mass is 485 g/mol. The third kappa shape index (κ3) is 8.81. The van der Waals surface area contributed by atoms with Gasteiger partial charge < -0.3 is 25.4 Å². The van der Waals surface area contributed by atoms with E-state index in [0.29, 0.717) is 19.5 Å². The highest BCUT2D eigenvalue weighted by Crippen LogP contribution is 2.23. The Morgan fingerprint density at radius 1 is 1.21 bits per heavy atom. The van der Waals surface area contributed by atoms with Crippen molar-refractivity contribution in [1.82, 2.24) is 10.2 Å². The normalized spacial score (nSPS) is 20.8. The van der Waals surface area contributed by atoms with Gasteiger partial charge in [-0.25, -0.2) is 9.18 Å². The number of carbonyl (C=O) groups is 3. The third-order valence-electron chi connectivity index (χ3n) is 5.30. The lowest BCUT2D eigenvalue weighted by atomic mass is 9.99. The third-order valence-corrected chi connectivity index (χ3v) is 5.59. The van der Waals surface area contributed by atoms with E-state index in [4.69, 9.17) is 21.4 Å². The topological polar surface area (TPSA) is 108 Å². The van der Waals surface area contributed by atoms with E-state index in [9.17, 15) is 18.8 Å². The number of carboxylic acid groups (broad SMARTS) is 1. The summed E-state index contributed by atoms with van der Waals surface area (Å²) in [7, 11) is 0. The van der Waals surface area contributed by atoms with E-state index < -0.39 is 29.4 Å². The molecule has 0 radical (unpaired) electrons. The maximum absolute atomic E-state index is 13.6. The van der Waals surface area contributed by atoms with Crippen LogP contribution in [0.4, 0.5) is 14.9 Å². The molecule has 2 amide bonds. The molecule has 2 fully saturated rings. The minimum absolute atomic E-state index is 0.0181. The molecule has 8 nitrogen and oxygen atoms in total. The zero-order valence-corrected chi connectivity index (χ0v) is 20.1. The first kappa shape index (κ1) is 26.9. The maximum Gasteiger partial charge on any atom is 0.410 e. The van der Waals surface area contributed by atoms with Gasteiger partial charge in [0.25, 0.3) is 0 Å². The highest BCUT2D eigenvalue weighted by atomic mass is 35.5. The summed E-state index contributed by atoms with van der Waals surface area (Å²) in [4.78, 5) is 35.9. The number of nitrogens with one attached hydrogen (secondary N) is 2. The predicted molar refractivity (Wildman–Crippen MR) is 124 cm³/mol. The first-order chi connectivity index (χ1) is 15.5. The summed E-state index contributed by atoms with van der Waals surface area (Å²) in [6.07, 6.45) is 2.74. The van der Waals surface area contributed by atoms with Crippen molar-refractivity contribution in [3.8, 4) is 0 Å². The van der Waals surface area contributed by atoms with Gasteiger partial charge in [-0.3, -0.25) is 9.59 Å². The minimum Gasteiger partial charge on any atom is -0.481 e. The number of likely N-dealkylation sites (tertiary alicyclic amines) is 1. The highest BCUT2D eigenvalue weighted by molar-refractivity contribution is 6.31. The van der Waals surface area contributed by atoms with Crippen LogP contribution >= 0.6 is 11.6 Å². The fourth-order valence-corrected chi connectivity index (χ4v) is 3.76. The van der Waals surface area contributed by atoms with Gasteiger partial charge in [0.1, 0.15) is 5.60 Å². The Bertz CT molecular complexity index is 840. The summed E-state index contributed by atoms with van der Waals surface area (Å²) in [5.74, 6) is -2.12. The number of carbonyl (C=O) groups excluding carboxylic acids is 2. The summed E-state index contributed by atoms with van der Waals surface area (Å²) >= 11 is 5.64. The molecule has 2 heterocycles. The highest BCUT2D eigenvalue weighted by Gasteiger charge is 2.30. The molecule has 0 saturated carbocycles. The van der Waals surface area contributed by atoms with E-state index >= 15 is 0 Å². The minimum atomic E-state index is -0.840. The van der Waals surface area contributed by atoms with Crippen molar-refractivity contribution in [3.05, 3.63) is 29.0 Å². The SMILES string of the molecule is CC(C)(C)OC(=O)N1CCC[C@H](C(=O)O)C1.O=C(Nc1cccc(Cl)c1F)[C@H]1CCCNC1. The van der Waals surface area contributed by atoms with Crippen molar-refractivity contribution in [2.75, 3.05) is 31.5 Å². The molecule has 2 atom stereocenters. The number of hydrogen-bond donors (Lipinski definition) is 3. The van der Waals surface area contributed by atoms with Crippen LogP contribution in [-0.2, 0) is 14.3 Å².